The Labute approximate surface area is 183 Å². The molecule has 0 fully saturated rings. The third kappa shape index (κ3) is 6.13. The van der Waals surface area contributed by atoms with E-state index in [-0.39, 0.29) is 18.2 Å². The number of nitrogens with one attached hydrogen (secondary N) is 2. The summed E-state index contributed by atoms with van der Waals surface area (Å²) in [6, 6.07) is 13.1. The van der Waals surface area contributed by atoms with Crippen molar-refractivity contribution in [1.82, 2.24) is 4.98 Å². The lowest BCUT2D eigenvalue weighted by atomic mass is 10.2. The van der Waals surface area contributed by atoms with Crippen molar-refractivity contribution < 1.29 is 23.9 Å². The number of hydrogen-bond acceptors (Lipinski definition) is 7. The van der Waals surface area contributed by atoms with Crippen LogP contribution in [0.15, 0.2) is 53.9 Å². The Morgan fingerprint density at radius 1 is 0.968 bits per heavy atom. The molecule has 9 heteroatoms. The molecule has 0 unspecified atom stereocenters. The summed E-state index contributed by atoms with van der Waals surface area (Å²) in [7, 11) is 1.56. The second-order valence-corrected chi connectivity index (χ2v) is 7.21. The number of aromatic nitrogens is 1. The first-order chi connectivity index (χ1) is 15.0. The highest BCUT2D eigenvalue weighted by molar-refractivity contribution is 7.14. The van der Waals surface area contributed by atoms with Crippen molar-refractivity contribution in [3.05, 3.63) is 70.7 Å². The first-order valence-corrected chi connectivity index (χ1v) is 10.3. The van der Waals surface area contributed by atoms with Gasteiger partial charge in [0.05, 0.1) is 31.4 Å². The second kappa shape index (κ2) is 10.4. The van der Waals surface area contributed by atoms with Crippen LogP contribution in [0, 0.1) is 0 Å². The van der Waals surface area contributed by atoms with Crippen molar-refractivity contribution >= 4 is 39.9 Å². The van der Waals surface area contributed by atoms with Crippen LogP contribution in [0.3, 0.4) is 0 Å². The molecule has 2 amide bonds. The van der Waals surface area contributed by atoms with Gasteiger partial charge in [0, 0.05) is 16.6 Å². The molecule has 160 valence electrons. The monoisotopic (exact) mass is 439 g/mol. The van der Waals surface area contributed by atoms with E-state index in [9.17, 15) is 14.4 Å². The second-order valence-electron chi connectivity index (χ2n) is 6.35. The molecule has 1 aromatic heterocycles. The van der Waals surface area contributed by atoms with E-state index in [2.05, 4.69) is 15.6 Å². The number of methoxy groups -OCH3 is 1. The summed E-state index contributed by atoms with van der Waals surface area (Å²) >= 11 is 1.24. The van der Waals surface area contributed by atoms with E-state index in [1.807, 2.05) is 0 Å². The summed E-state index contributed by atoms with van der Waals surface area (Å²) in [4.78, 5) is 40.5. The summed E-state index contributed by atoms with van der Waals surface area (Å²) in [6.45, 7) is 2.04. The van der Waals surface area contributed by atoms with E-state index < -0.39 is 5.97 Å². The zero-order valence-electron chi connectivity index (χ0n) is 17.0. The van der Waals surface area contributed by atoms with Crippen LogP contribution in [0.1, 0.15) is 33.3 Å². The van der Waals surface area contributed by atoms with Crippen molar-refractivity contribution in [2.24, 2.45) is 0 Å². The predicted octanol–water partition coefficient (Wildman–Crippen LogP) is 3.76. The molecule has 0 radical (unpaired) electrons. The lowest BCUT2D eigenvalue weighted by Gasteiger charge is -2.06. The molecule has 0 bridgehead atoms. The minimum Gasteiger partial charge on any atom is -0.497 e. The Morgan fingerprint density at radius 2 is 1.65 bits per heavy atom. The summed E-state index contributed by atoms with van der Waals surface area (Å²) in [5, 5.41) is 7.59. The van der Waals surface area contributed by atoms with E-state index in [0.29, 0.717) is 40.0 Å². The highest BCUT2D eigenvalue weighted by atomic mass is 32.1. The van der Waals surface area contributed by atoms with Crippen LogP contribution in [0.25, 0.3) is 0 Å². The molecule has 8 nitrogen and oxygen atoms in total. The number of carbonyl (C=O) groups excluding carboxylic acids is 3. The number of esters is 1. The zero-order valence-corrected chi connectivity index (χ0v) is 17.8. The van der Waals surface area contributed by atoms with Crippen molar-refractivity contribution in [2.45, 2.75) is 13.3 Å². The van der Waals surface area contributed by atoms with Crippen LogP contribution < -0.4 is 15.4 Å². The Balaban J connectivity index is 1.53. The summed E-state index contributed by atoms with van der Waals surface area (Å²) in [6.07, 6.45) is 0.0501. The number of hydrogen-bond donors (Lipinski definition) is 2. The molecule has 0 spiro atoms. The van der Waals surface area contributed by atoms with Crippen LogP contribution in [0.2, 0.25) is 0 Å². The van der Waals surface area contributed by atoms with E-state index in [1.54, 1.807) is 67.9 Å². The average molecular weight is 439 g/mol. The molecule has 3 rings (SSSR count). The van der Waals surface area contributed by atoms with Gasteiger partial charge in [-0.25, -0.2) is 9.78 Å². The Hall–Kier alpha value is -3.72. The van der Waals surface area contributed by atoms with Crippen LogP contribution in [0.5, 0.6) is 5.75 Å². The fourth-order valence-corrected chi connectivity index (χ4v) is 3.34. The highest BCUT2D eigenvalue weighted by Gasteiger charge is 2.12. The molecule has 0 saturated carbocycles. The van der Waals surface area contributed by atoms with Crippen LogP contribution in [-0.4, -0.2) is 36.5 Å². The van der Waals surface area contributed by atoms with Gasteiger partial charge >= 0.3 is 5.97 Å². The molecule has 2 N–H and O–H groups in total. The SMILES string of the molecule is CCOC(=O)c1ccc(NC(=O)Cc2csc(NC(=O)c3ccc(OC)cc3)n2)cc1. The van der Waals surface area contributed by atoms with Gasteiger partial charge < -0.3 is 14.8 Å². The first kappa shape index (κ1) is 22.0. The lowest BCUT2D eigenvalue weighted by molar-refractivity contribution is -0.115. The van der Waals surface area contributed by atoms with E-state index in [1.165, 1.54) is 11.3 Å². The molecule has 0 aliphatic heterocycles. The molecule has 0 aliphatic carbocycles. The lowest BCUT2D eigenvalue weighted by Crippen LogP contribution is -2.15. The van der Waals surface area contributed by atoms with Gasteiger partial charge in [-0.1, -0.05) is 0 Å². The van der Waals surface area contributed by atoms with E-state index >= 15 is 0 Å². The number of rotatable bonds is 8. The molecule has 0 aliphatic rings. The fourth-order valence-electron chi connectivity index (χ4n) is 2.63. The molecular weight excluding hydrogens is 418 g/mol. The van der Waals surface area contributed by atoms with Gasteiger partial charge in [-0.05, 0) is 55.5 Å². The maximum Gasteiger partial charge on any atom is 0.338 e. The number of thiazole rings is 1. The quantitative estimate of drug-likeness (QED) is 0.518. The van der Waals surface area contributed by atoms with Gasteiger partial charge in [-0.15, -0.1) is 11.3 Å². The smallest absolute Gasteiger partial charge is 0.338 e. The maximum atomic E-state index is 12.3. The highest BCUT2D eigenvalue weighted by Crippen LogP contribution is 2.19. The van der Waals surface area contributed by atoms with Gasteiger partial charge in [0.2, 0.25) is 5.91 Å². The molecule has 31 heavy (non-hydrogen) atoms. The summed E-state index contributed by atoms with van der Waals surface area (Å²) in [5.41, 5.74) is 1.98. The number of carbonyl (C=O) groups is 3. The zero-order chi connectivity index (χ0) is 22.2. The number of nitrogens with zero attached hydrogens (tertiary/aromatic N) is 1. The van der Waals surface area contributed by atoms with Gasteiger partial charge in [-0.2, -0.15) is 0 Å². The molecule has 1 heterocycles. The number of anilines is 2. The average Bonchev–Trinajstić information content (AvgIpc) is 3.20. The topological polar surface area (TPSA) is 107 Å². The van der Waals surface area contributed by atoms with Gasteiger partial charge in [0.25, 0.3) is 5.91 Å². The van der Waals surface area contributed by atoms with E-state index in [0.717, 1.165) is 0 Å². The number of amides is 2. The van der Waals surface area contributed by atoms with Crippen molar-refractivity contribution in [1.29, 1.82) is 0 Å². The van der Waals surface area contributed by atoms with Gasteiger partial charge in [-0.3, -0.25) is 14.9 Å². The molecule has 3 aromatic rings. The number of benzene rings is 2. The van der Waals surface area contributed by atoms with Crippen LogP contribution >= 0.6 is 11.3 Å². The normalized spacial score (nSPS) is 10.3. The third-order valence-electron chi connectivity index (χ3n) is 4.15. The summed E-state index contributed by atoms with van der Waals surface area (Å²) in [5.74, 6) is -0.307. The fraction of sp³-hybridized carbons (Fsp3) is 0.182. The van der Waals surface area contributed by atoms with Crippen LogP contribution in [0.4, 0.5) is 10.8 Å². The first-order valence-electron chi connectivity index (χ1n) is 9.45. The minimum atomic E-state index is -0.410. The molecule has 0 saturated heterocycles. The van der Waals surface area contributed by atoms with Crippen molar-refractivity contribution in [3.8, 4) is 5.75 Å². The minimum absolute atomic E-state index is 0.0501. The van der Waals surface area contributed by atoms with E-state index in [4.69, 9.17) is 9.47 Å². The Kier molecular flexibility index (Phi) is 7.34. The molecule has 0 atom stereocenters. The number of ether oxygens (including phenoxy) is 2. The maximum absolute atomic E-state index is 12.3. The van der Waals surface area contributed by atoms with Crippen molar-refractivity contribution in [2.75, 3.05) is 24.4 Å². The standard InChI is InChI=1S/C22H21N3O5S/c1-3-30-21(28)15-4-8-16(9-5-15)23-19(26)12-17-13-31-22(24-17)25-20(27)14-6-10-18(29-2)11-7-14/h4-11,13H,3,12H2,1-2H3,(H,23,26)(H,24,25,27). The summed E-state index contributed by atoms with van der Waals surface area (Å²) < 4.78 is 10.0. The van der Waals surface area contributed by atoms with Gasteiger partial charge in [0.15, 0.2) is 5.13 Å². The molecule has 2 aromatic carbocycles. The predicted molar refractivity (Wildman–Crippen MR) is 118 cm³/mol. The largest absolute Gasteiger partial charge is 0.497 e. The third-order valence-corrected chi connectivity index (χ3v) is 4.95. The Morgan fingerprint density at radius 3 is 2.29 bits per heavy atom. The Bertz CT molecular complexity index is 1060. The van der Waals surface area contributed by atoms with Crippen molar-refractivity contribution in [3.63, 3.8) is 0 Å². The molecular formula is C22H21N3O5S. The van der Waals surface area contributed by atoms with Gasteiger partial charge in [0.1, 0.15) is 5.75 Å². The van der Waals surface area contributed by atoms with Crippen LogP contribution in [-0.2, 0) is 16.0 Å².